The molecule has 0 spiro atoms. The Balaban J connectivity index is 1.54. The largest absolute Gasteiger partial charge is 0.493 e. The van der Waals surface area contributed by atoms with Crippen molar-refractivity contribution in [3.05, 3.63) is 136 Å². The van der Waals surface area contributed by atoms with Crippen LogP contribution in [0.4, 0.5) is 0 Å². The Labute approximate surface area is 227 Å². The Hall–Kier alpha value is -4.06. The van der Waals surface area contributed by atoms with Crippen LogP contribution in [0.25, 0.3) is 10.9 Å². The molecule has 192 valence electrons. The Morgan fingerprint density at radius 3 is 2.11 bits per heavy atom. The fraction of sp³-hybridized carbons (Fsp3) is 0.156. The molecule has 5 rings (SSSR count). The van der Waals surface area contributed by atoms with Crippen LogP contribution in [0.1, 0.15) is 38.8 Å². The van der Waals surface area contributed by atoms with Crippen LogP contribution >= 0.6 is 11.6 Å². The lowest BCUT2D eigenvalue weighted by atomic mass is 9.98. The summed E-state index contributed by atoms with van der Waals surface area (Å²) in [6, 6.07) is 33.8. The lowest BCUT2D eigenvalue weighted by Gasteiger charge is -2.24. The summed E-state index contributed by atoms with van der Waals surface area (Å²) in [6.45, 7) is 0.809. The van der Waals surface area contributed by atoms with Crippen molar-refractivity contribution in [3.63, 3.8) is 0 Å². The number of ether oxygens (including phenoxy) is 2. The van der Waals surface area contributed by atoms with E-state index in [1.54, 1.807) is 24.3 Å². The van der Waals surface area contributed by atoms with Gasteiger partial charge >= 0.3 is 5.97 Å². The molecule has 0 radical (unpaired) electrons. The highest BCUT2D eigenvalue weighted by Crippen LogP contribution is 2.37. The Morgan fingerprint density at radius 2 is 1.53 bits per heavy atom. The minimum atomic E-state index is -0.375. The first-order valence-electron chi connectivity index (χ1n) is 12.5. The SMILES string of the molecule is COC(=O)c1ccc(OCCc2c(CN)n(C(c3ccccc3)c3ccccc3)c3ccc(Cl)cc23)cc1. The highest BCUT2D eigenvalue weighted by atomic mass is 35.5. The van der Waals surface area contributed by atoms with Crippen LogP contribution in [-0.4, -0.2) is 24.3 Å². The second-order valence-electron chi connectivity index (χ2n) is 9.00. The molecule has 0 saturated heterocycles. The molecule has 0 unspecified atom stereocenters. The van der Waals surface area contributed by atoms with Crippen LogP contribution < -0.4 is 10.5 Å². The molecule has 1 heterocycles. The van der Waals surface area contributed by atoms with Crippen LogP contribution in [0.2, 0.25) is 5.02 Å². The minimum absolute atomic E-state index is 0.0554. The predicted molar refractivity (Wildman–Crippen MR) is 152 cm³/mol. The molecule has 4 aromatic carbocycles. The van der Waals surface area contributed by atoms with Crippen molar-refractivity contribution in [2.24, 2.45) is 5.73 Å². The maximum absolute atomic E-state index is 11.7. The van der Waals surface area contributed by atoms with Crippen molar-refractivity contribution < 1.29 is 14.3 Å². The molecular weight excluding hydrogens is 496 g/mol. The van der Waals surface area contributed by atoms with Crippen LogP contribution in [-0.2, 0) is 17.7 Å². The summed E-state index contributed by atoms with van der Waals surface area (Å²) in [4.78, 5) is 11.7. The van der Waals surface area contributed by atoms with Crippen molar-refractivity contribution in [1.82, 2.24) is 4.57 Å². The van der Waals surface area contributed by atoms with E-state index in [1.807, 2.05) is 24.3 Å². The van der Waals surface area contributed by atoms with Gasteiger partial charge in [-0.15, -0.1) is 0 Å². The molecule has 5 aromatic rings. The second kappa shape index (κ2) is 11.5. The number of halogens is 1. The smallest absolute Gasteiger partial charge is 0.337 e. The summed E-state index contributed by atoms with van der Waals surface area (Å²) in [7, 11) is 1.37. The first-order chi connectivity index (χ1) is 18.6. The van der Waals surface area contributed by atoms with Gasteiger partial charge < -0.3 is 19.8 Å². The molecule has 0 fully saturated rings. The molecule has 6 heteroatoms. The van der Waals surface area contributed by atoms with E-state index < -0.39 is 0 Å². The number of hydrogen-bond donors (Lipinski definition) is 1. The van der Waals surface area contributed by atoms with Gasteiger partial charge in [-0.2, -0.15) is 0 Å². The van der Waals surface area contributed by atoms with Gasteiger partial charge in [0.15, 0.2) is 0 Å². The van der Waals surface area contributed by atoms with Gasteiger partial charge in [-0.3, -0.25) is 0 Å². The highest BCUT2D eigenvalue weighted by Gasteiger charge is 2.25. The summed E-state index contributed by atoms with van der Waals surface area (Å²) in [5.74, 6) is 0.306. The quantitative estimate of drug-likeness (QED) is 0.215. The van der Waals surface area contributed by atoms with E-state index in [0.717, 1.165) is 22.2 Å². The Bertz CT molecular complexity index is 1490. The van der Waals surface area contributed by atoms with Crippen molar-refractivity contribution in [2.45, 2.75) is 19.0 Å². The van der Waals surface area contributed by atoms with Gasteiger partial charge in [-0.25, -0.2) is 4.79 Å². The van der Waals surface area contributed by atoms with Crippen LogP contribution in [0.15, 0.2) is 103 Å². The van der Waals surface area contributed by atoms with Gasteiger partial charge in [0.25, 0.3) is 0 Å². The molecule has 5 nitrogen and oxygen atoms in total. The third-order valence-corrected chi connectivity index (χ3v) is 7.00. The van der Waals surface area contributed by atoms with Crippen LogP contribution in [0.5, 0.6) is 5.75 Å². The van der Waals surface area contributed by atoms with Gasteiger partial charge in [0.05, 0.1) is 25.3 Å². The monoisotopic (exact) mass is 524 g/mol. The number of carbonyl (C=O) groups excluding carboxylic acids is 1. The number of fused-ring (bicyclic) bond motifs is 1. The average Bonchev–Trinajstić information content (AvgIpc) is 3.26. The third kappa shape index (κ3) is 5.17. The fourth-order valence-corrected chi connectivity index (χ4v) is 5.21. The Kier molecular flexibility index (Phi) is 7.78. The molecule has 2 N–H and O–H groups in total. The maximum Gasteiger partial charge on any atom is 0.337 e. The zero-order valence-electron chi connectivity index (χ0n) is 21.1. The van der Waals surface area contributed by atoms with Crippen molar-refractivity contribution >= 4 is 28.5 Å². The molecular formula is C32H29ClN2O3. The van der Waals surface area contributed by atoms with E-state index in [2.05, 4.69) is 59.2 Å². The van der Waals surface area contributed by atoms with E-state index in [4.69, 9.17) is 26.8 Å². The average molecular weight is 525 g/mol. The number of carbonyl (C=O) groups is 1. The lowest BCUT2D eigenvalue weighted by molar-refractivity contribution is 0.0600. The van der Waals surface area contributed by atoms with Gasteiger partial charge in [0, 0.05) is 34.6 Å². The molecule has 0 bridgehead atoms. The third-order valence-electron chi connectivity index (χ3n) is 6.76. The zero-order valence-corrected chi connectivity index (χ0v) is 21.9. The molecule has 0 saturated carbocycles. The molecule has 0 amide bonds. The Morgan fingerprint density at radius 1 is 0.895 bits per heavy atom. The highest BCUT2D eigenvalue weighted by molar-refractivity contribution is 6.31. The topological polar surface area (TPSA) is 66.5 Å². The summed E-state index contributed by atoms with van der Waals surface area (Å²) >= 11 is 6.48. The summed E-state index contributed by atoms with van der Waals surface area (Å²) in [5.41, 5.74) is 12.5. The van der Waals surface area contributed by atoms with Crippen molar-refractivity contribution in [2.75, 3.05) is 13.7 Å². The first kappa shape index (κ1) is 25.6. The van der Waals surface area contributed by atoms with E-state index in [9.17, 15) is 4.79 Å². The number of rotatable bonds is 9. The van der Waals surface area contributed by atoms with Crippen molar-refractivity contribution in [1.29, 1.82) is 0 Å². The molecule has 0 aliphatic carbocycles. The second-order valence-corrected chi connectivity index (χ2v) is 9.44. The minimum Gasteiger partial charge on any atom is -0.493 e. The van der Waals surface area contributed by atoms with E-state index in [0.29, 0.717) is 35.9 Å². The predicted octanol–water partition coefficient (Wildman–Crippen LogP) is 6.80. The number of nitrogens with zero attached hydrogens (tertiary/aromatic N) is 1. The maximum atomic E-state index is 11.7. The number of esters is 1. The summed E-state index contributed by atoms with van der Waals surface area (Å²) in [6.07, 6.45) is 0.644. The number of hydrogen-bond acceptors (Lipinski definition) is 4. The molecule has 0 aliphatic heterocycles. The van der Waals surface area contributed by atoms with Gasteiger partial charge in [-0.05, 0) is 59.2 Å². The molecule has 38 heavy (non-hydrogen) atoms. The normalized spacial score (nSPS) is 11.2. The molecule has 1 aromatic heterocycles. The van der Waals surface area contributed by atoms with Crippen LogP contribution in [0, 0.1) is 0 Å². The van der Waals surface area contributed by atoms with Gasteiger partial charge in [0.1, 0.15) is 5.75 Å². The standard InChI is InChI=1S/C32H29ClN2O3/c1-37-32(36)24-12-15-26(16-13-24)38-19-18-27-28-20-25(33)14-17-29(28)35(30(27)21-34)31(22-8-4-2-5-9-22)23-10-6-3-7-11-23/h2-17,20,31H,18-19,21,34H2,1H3. The molecule has 0 atom stereocenters. The summed E-state index contributed by atoms with van der Waals surface area (Å²) in [5, 5.41) is 1.74. The van der Waals surface area contributed by atoms with E-state index in [1.165, 1.54) is 18.2 Å². The number of benzene rings is 4. The fourth-order valence-electron chi connectivity index (χ4n) is 5.04. The van der Waals surface area contributed by atoms with E-state index >= 15 is 0 Å². The number of methoxy groups -OCH3 is 1. The zero-order chi connectivity index (χ0) is 26.5. The molecule has 0 aliphatic rings. The van der Waals surface area contributed by atoms with Crippen LogP contribution in [0.3, 0.4) is 0 Å². The lowest BCUT2D eigenvalue weighted by Crippen LogP contribution is -2.18. The van der Waals surface area contributed by atoms with Gasteiger partial charge in [0.2, 0.25) is 0 Å². The summed E-state index contributed by atoms with van der Waals surface area (Å²) < 4.78 is 13.2. The number of nitrogens with two attached hydrogens (primary N) is 1. The van der Waals surface area contributed by atoms with Gasteiger partial charge in [-0.1, -0.05) is 72.3 Å². The van der Waals surface area contributed by atoms with E-state index in [-0.39, 0.29) is 12.0 Å². The number of aromatic nitrogens is 1. The van der Waals surface area contributed by atoms with Crippen molar-refractivity contribution in [3.8, 4) is 5.75 Å². The first-order valence-corrected chi connectivity index (χ1v) is 12.9.